The van der Waals surface area contributed by atoms with Crippen LogP contribution >= 0.6 is 0 Å². The van der Waals surface area contributed by atoms with Gasteiger partial charge in [-0.25, -0.2) is 8.78 Å². The maximum absolute atomic E-state index is 13.4. The Morgan fingerprint density at radius 1 is 1.11 bits per heavy atom. The molecule has 1 aromatic rings. The van der Waals surface area contributed by atoms with Crippen LogP contribution in [-0.2, 0) is 5.41 Å². The summed E-state index contributed by atoms with van der Waals surface area (Å²) < 4.78 is 26.8. The van der Waals surface area contributed by atoms with E-state index in [1.165, 1.54) is 31.4 Å². The van der Waals surface area contributed by atoms with Crippen LogP contribution in [0.1, 0.15) is 37.7 Å². The van der Waals surface area contributed by atoms with Gasteiger partial charge in [0.05, 0.1) is 0 Å². The van der Waals surface area contributed by atoms with Gasteiger partial charge >= 0.3 is 0 Å². The molecule has 2 saturated carbocycles. The monoisotopic (exact) mass is 251 g/mol. The Kier molecular flexibility index (Phi) is 2.70. The third kappa shape index (κ3) is 1.76. The summed E-state index contributed by atoms with van der Waals surface area (Å²) in [6.07, 6.45) is 6.03. The minimum atomic E-state index is -0.463. The molecule has 0 saturated heterocycles. The fourth-order valence-corrected chi connectivity index (χ4v) is 4.04. The maximum Gasteiger partial charge on any atom is 0.126 e. The number of benzene rings is 1. The molecule has 0 radical (unpaired) electrons. The van der Waals surface area contributed by atoms with Gasteiger partial charge in [-0.1, -0.05) is 6.42 Å². The lowest BCUT2D eigenvalue weighted by Gasteiger charge is -2.61. The first-order valence-corrected chi connectivity index (χ1v) is 6.69. The highest BCUT2D eigenvalue weighted by Gasteiger charge is 2.57. The van der Waals surface area contributed by atoms with Gasteiger partial charge in [-0.3, -0.25) is 0 Å². The molecule has 1 N–H and O–H groups in total. The third-order valence-corrected chi connectivity index (χ3v) is 4.83. The molecule has 0 amide bonds. The summed E-state index contributed by atoms with van der Waals surface area (Å²) >= 11 is 0. The van der Waals surface area contributed by atoms with Crippen LogP contribution in [0, 0.1) is 17.0 Å². The molecule has 0 aliphatic heterocycles. The average molecular weight is 251 g/mol. The van der Waals surface area contributed by atoms with Crippen LogP contribution in [0.3, 0.4) is 0 Å². The van der Waals surface area contributed by atoms with E-state index in [0.29, 0.717) is 5.41 Å². The van der Waals surface area contributed by atoms with Crippen molar-refractivity contribution in [2.75, 3.05) is 13.6 Å². The summed E-state index contributed by atoms with van der Waals surface area (Å²) in [5.74, 6) is -0.926. The molecule has 3 heteroatoms. The zero-order chi connectivity index (χ0) is 12.8. The van der Waals surface area contributed by atoms with E-state index >= 15 is 0 Å². The van der Waals surface area contributed by atoms with Crippen LogP contribution in [0.5, 0.6) is 0 Å². The first-order valence-electron chi connectivity index (χ1n) is 6.69. The van der Waals surface area contributed by atoms with Gasteiger partial charge in [0.25, 0.3) is 0 Å². The van der Waals surface area contributed by atoms with E-state index in [2.05, 4.69) is 5.32 Å². The van der Waals surface area contributed by atoms with E-state index in [4.69, 9.17) is 0 Å². The van der Waals surface area contributed by atoms with Crippen LogP contribution in [0.2, 0.25) is 0 Å². The van der Waals surface area contributed by atoms with Gasteiger partial charge in [0.15, 0.2) is 0 Å². The molecule has 2 fully saturated rings. The number of rotatable bonds is 3. The zero-order valence-electron chi connectivity index (χ0n) is 10.7. The summed E-state index contributed by atoms with van der Waals surface area (Å²) in [6.45, 7) is 0.803. The Bertz CT molecular complexity index is 437. The van der Waals surface area contributed by atoms with Crippen molar-refractivity contribution in [1.29, 1.82) is 0 Å². The highest BCUT2D eigenvalue weighted by molar-refractivity contribution is 5.33. The normalized spacial score (nSPS) is 23.5. The quantitative estimate of drug-likeness (QED) is 0.868. The molecule has 3 rings (SSSR count). The van der Waals surface area contributed by atoms with Gasteiger partial charge in [0.1, 0.15) is 11.6 Å². The average Bonchev–Trinajstić information content (AvgIpc) is 2.18. The Morgan fingerprint density at radius 2 is 1.72 bits per heavy atom. The Hall–Kier alpha value is -0.960. The van der Waals surface area contributed by atoms with Crippen molar-refractivity contribution in [3.8, 4) is 0 Å². The molecule has 0 unspecified atom stereocenters. The molecule has 0 atom stereocenters. The molecule has 98 valence electrons. The standard InChI is InChI=1S/C15H19F2N/c1-18-10-15(8-14(9-15)3-2-4-14)11-5-12(16)7-13(17)6-11/h5-7,18H,2-4,8-10H2,1H3. The molecule has 0 bridgehead atoms. The lowest BCUT2D eigenvalue weighted by molar-refractivity contribution is -0.0477. The summed E-state index contributed by atoms with van der Waals surface area (Å²) in [7, 11) is 1.91. The van der Waals surface area contributed by atoms with Crippen molar-refractivity contribution in [3.05, 3.63) is 35.4 Å². The molecule has 1 nitrogen and oxygen atoms in total. The van der Waals surface area contributed by atoms with Crippen molar-refractivity contribution in [2.45, 2.75) is 37.5 Å². The van der Waals surface area contributed by atoms with Crippen molar-refractivity contribution >= 4 is 0 Å². The molecule has 0 aromatic heterocycles. The second kappa shape index (κ2) is 4.02. The SMILES string of the molecule is CNCC1(c2cc(F)cc(F)c2)CC2(CCC2)C1. The summed E-state index contributed by atoms with van der Waals surface area (Å²) in [6, 6.07) is 3.96. The largest absolute Gasteiger partial charge is 0.319 e. The second-order valence-corrected chi connectivity index (χ2v) is 6.18. The number of hydrogen-bond acceptors (Lipinski definition) is 1. The number of hydrogen-bond donors (Lipinski definition) is 1. The molecule has 1 spiro atoms. The first-order chi connectivity index (χ1) is 8.57. The van der Waals surface area contributed by atoms with Crippen LogP contribution in [-0.4, -0.2) is 13.6 Å². The van der Waals surface area contributed by atoms with Crippen molar-refractivity contribution in [2.24, 2.45) is 5.41 Å². The molecule has 0 heterocycles. The Morgan fingerprint density at radius 3 is 2.17 bits per heavy atom. The molecular formula is C15H19F2N. The molecule has 2 aliphatic carbocycles. The topological polar surface area (TPSA) is 12.0 Å². The van der Waals surface area contributed by atoms with Crippen LogP contribution in [0.25, 0.3) is 0 Å². The third-order valence-electron chi connectivity index (χ3n) is 4.83. The van der Waals surface area contributed by atoms with Crippen LogP contribution in [0.15, 0.2) is 18.2 Å². The van der Waals surface area contributed by atoms with Gasteiger partial charge < -0.3 is 5.32 Å². The van der Waals surface area contributed by atoms with Crippen LogP contribution in [0.4, 0.5) is 8.78 Å². The number of halogens is 2. The van der Waals surface area contributed by atoms with E-state index < -0.39 is 11.6 Å². The minimum absolute atomic E-state index is 0.0574. The summed E-state index contributed by atoms with van der Waals surface area (Å²) in [5.41, 5.74) is 1.25. The van der Waals surface area contributed by atoms with E-state index in [1.54, 1.807) is 0 Å². The van der Waals surface area contributed by atoms with Gasteiger partial charge in [-0.15, -0.1) is 0 Å². The summed E-state index contributed by atoms with van der Waals surface area (Å²) in [4.78, 5) is 0. The van der Waals surface area contributed by atoms with Crippen LogP contribution < -0.4 is 5.32 Å². The van der Waals surface area contributed by atoms with Crippen molar-refractivity contribution < 1.29 is 8.78 Å². The molecule has 18 heavy (non-hydrogen) atoms. The zero-order valence-corrected chi connectivity index (χ0v) is 10.7. The molecule has 2 aliphatic rings. The second-order valence-electron chi connectivity index (χ2n) is 6.18. The summed E-state index contributed by atoms with van der Waals surface area (Å²) in [5, 5.41) is 3.19. The fourth-order valence-electron chi connectivity index (χ4n) is 4.04. The first kappa shape index (κ1) is 12.1. The lowest BCUT2D eigenvalue weighted by Crippen LogP contribution is -2.57. The molecular weight excluding hydrogens is 232 g/mol. The van der Waals surface area contributed by atoms with E-state index in [0.717, 1.165) is 31.0 Å². The Labute approximate surface area is 107 Å². The Balaban J connectivity index is 1.90. The number of nitrogens with one attached hydrogen (secondary N) is 1. The highest BCUT2D eigenvalue weighted by atomic mass is 19.1. The predicted octanol–water partition coefficient (Wildman–Crippen LogP) is 3.39. The smallest absolute Gasteiger partial charge is 0.126 e. The highest BCUT2D eigenvalue weighted by Crippen LogP contribution is 2.64. The van der Waals surface area contributed by atoms with Gasteiger partial charge in [0.2, 0.25) is 0 Å². The molecule has 1 aromatic carbocycles. The van der Waals surface area contributed by atoms with Gasteiger partial charge in [0, 0.05) is 18.0 Å². The van der Waals surface area contributed by atoms with Crippen molar-refractivity contribution in [3.63, 3.8) is 0 Å². The minimum Gasteiger partial charge on any atom is -0.319 e. The van der Waals surface area contributed by atoms with Gasteiger partial charge in [-0.05, 0) is 55.8 Å². The van der Waals surface area contributed by atoms with E-state index in [1.807, 2.05) is 7.05 Å². The maximum atomic E-state index is 13.4. The van der Waals surface area contributed by atoms with Crippen molar-refractivity contribution in [1.82, 2.24) is 5.32 Å². The fraction of sp³-hybridized carbons (Fsp3) is 0.600. The van der Waals surface area contributed by atoms with Gasteiger partial charge in [-0.2, -0.15) is 0 Å². The number of likely N-dealkylation sites (N-methyl/N-ethyl adjacent to an activating group) is 1. The lowest BCUT2D eigenvalue weighted by atomic mass is 9.43. The predicted molar refractivity (Wildman–Crippen MR) is 67.5 cm³/mol. The van der Waals surface area contributed by atoms with E-state index in [9.17, 15) is 8.78 Å². The van der Waals surface area contributed by atoms with E-state index in [-0.39, 0.29) is 5.41 Å².